The second-order valence-corrected chi connectivity index (χ2v) is 3.23. The molecule has 2 aromatic rings. The molecule has 0 saturated carbocycles. The number of nitrogen functional groups attached to an aromatic ring is 1. The molecule has 1 aromatic heterocycles. The van der Waals surface area contributed by atoms with Crippen LogP contribution in [0.5, 0.6) is 0 Å². The van der Waals surface area contributed by atoms with Gasteiger partial charge in [0, 0.05) is 5.56 Å². The molecular weight excluding hydrogens is 205 g/mol. The molecule has 0 radical (unpaired) electrons. The average molecular weight is 212 g/mol. The van der Waals surface area contributed by atoms with Crippen LogP contribution in [0.15, 0.2) is 24.4 Å². The molecule has 0 amide bonds. The van der Waals surface area contributed by atoms with Crippen molar-refractivity contribution >= 4 is 17.4 Å². The minimum absolute atomic E-state index is 0.0933. The summed E-state index contributed by atoms with van der Waals surface area (Å²) in [7, 11) is 0. The smallest absolute Gasteiger partial charge is 0.142 e. The van der Waals surface area contributed by atoms with Crippen molar-refractivity contribution in [2.24, 2.45) is 0 Å². The number of anilines is 1. The number of nitrogens with one attached hydrogen (secondary N) is 1. The van der Waals surface area contributed by atoms with Crippen LogP contribution < -0.4 is 5.73 Å². The van der Waals surface area contributed by atoms with Crippen LogP contribution in [-0.4, -0.2) is 10.2 Å². The maximum Gasteiger partial charge on any atom is 0.142 e. The van der Waals surface area contributed by atoms with Gasteiger partial charge in [0.2, 0.25) is 0 Å². The first-order valence-corrected chi connectivity index (χ1v) is 4.30. The molecule has 0 saturated heterocycles. The summed E-state index contributed by atoms with van der Waals surface area (Å²) in [5, 5.41) is 6.41. The molecule has 0 aliphatic carbocycles. The van der Waals surface area contributed by atoms with Crippen molar-refractivity contribution in [1.82, 2.24) is 10.2 Å². The van der Waals surface area contributed by atoms with E-state index >= 15 is 0 Å². The molecule has 3 N–H and O–H groups in total. The minimum atomic E-state index is -0.468. The van der Waals surface area contributed by atoms with E-state index in [-0.39, 0.29) is 5.02 Å². The summed E-state index contributed by atoms with van der Waals surface area (Å²) in [5.41, 5.74) is 6.91. The lowest BCUT2D eigenvalue weighted by Gasteiger charge is -2.00. The number of nitrogens with zero attached hydrogens (tertiary/aromatic N) is 1. The number of halogens is 2. The Morgan fingerprint density at radius 1 is 1.43 bits per heavy atom. The lowest BCUT2D eigenvalue weighted by Crippen LogP contribution is -1.88. The molecule has 72 valence electrons. The van der Waals surface area contributed by atoms with Crippen LogP contribution in [0.3, 0.4) is 0 Å². The van der Waals surface area contributed by atoms with E-state index in [2.05, 4.69) is 10.2 Å². The van der Waals surface area contributed by atoms with E-state index in [1.807, 2.05) is 0 Å². The molecular formula is C9H7ClFN3. The van der Waals surface area contributed by atoms with Gasteiger partial charge in [0.05, 0.1) is 11.2 Å². The molecule has 0 spiro atoms. The monoisotopic (exact) mass is 211 g/mol. The lowest BCUT2D eigenvalue weighted by molar-refractivity contribution is 0.629. The highest BCUT2D eigenvalue weighted by molar-refractivity contribution is 6.30. The number of nitrogens with two attached hydrogens (primary N) is 1. The Hall–Kier alpha value is -1.55. The Labute approximate surface area is 84.7 Å². The van der Waals surface area contributed by atoms with Crippen molar-refractivity contribution < 1.29 is 4.39 Å². The fourth-order valence-electron chi connectivity index (χ4n) is 1.19. The standard InChI is InChI=1S/C9H7ClFN3/c10-7-2-1-5(3-8(7)11)6-4-13-14-9(6)12/h1-4H,(H3,12,13,14). The molecule has 5 heteroatoms. The van der Waals surface area contributed by atoms with Crippen LogP contribution in [0.2, 0.25) is 5.02 Å². The Kier molecular flexibility index (Phi) is 2.13. The highest BCUT2D eigenvalue weighted by Gasteiger charge is 2.07. The predicted molar refractivity (Wildman–Crippen MR) is 53.4 cm³/mol. The van der Waals surface area contributed by atoms with E-state index in [0.29, 0.717) is 16.9 Å². The van der Waals surface area contributed by atoms with Gasteiger partial charge in [-0.2, -0.15) is 5.10 Å². The first-order chi connectivity index (χ1) is 6.68. The Balaban J connectivity index is 2.53. The van der Waals surface area contributed by atoms with Gasteiger partial charge in [-0.3, -0.25) is 5.10 Å². The van der Waals surface area contributed by atoms with Gasteiger partial charge in [0.15, 0.2) is 0 Å². The van der Waals surface area contributed by atoms with Crippen molar-refractivity contribution in [2.75, 3.05) is 5.73 Å². The van der Waals surface area contributed by atoms with E-state index in [0.717, 1.165) is 0 Å². The molecule has 3 nitrogen and oxygen atoms in total. The largest absolute Gasteiger partial charge is 0.384 e. The SMILES string of the molecule is Nc1[nH]ncc1-c1ccc(Cl)c(F)c1. The van der Waals surface area contributed by atoms with Gasteiger partial charge in [-0.15, -0.1) is 0 Å². The summed E-state index contributed by atoms with van der Waals surface area (Å²) in [5.74, 6) is -0.0588. The summed E-state index contributed by atoms with van der Waals surface area (Å²) in [6, 6.07) is 4.49. The highest BCUT2D eigenvalue weighted by Crippen LogP contribution is 2.26. The van der Waals surface area contributed by atoms with Gasteiger partial charge in [0.1, 0.15) is 11.6 Å². The third kappa shape index (κ3) is 1.44. The second-order valence-electron chi connectivity index (χ2n) is 2.83. The zero-order chi connectivity index (χ0) is 10.1. The van der Waals surface area contributed by atoms with Crippen molar-refractivity contribution in [3.8, 4) is 11.1 Å². The fraction of sp³-hybridized carbons (Fsp3) is 0. The fourth-order valence-corrected chi connectivity index (χ4v) is 1.31. The molecule has 14 heavy (non-hydrogen) atoms. The van der Waals surface area contributed by atoms with E-state index in [4.69, 9.17) is 17.3 Å². The maximum absolute atomic E-state index is 13.1. The Morgan fingerprint density at radius 2 is 2.21 bits per heavy atom. The third-order valence-corrected chi connectivity index (χ3v) is 2.21. The summed E-state index contributed by atoms with van der Waals surface area (Å²) >= 11 is 5.55. The quantitative estimate of drug-likeness (QED) is 0.761. The van der Waals surface area contributed by atoms with Gasteiger partial charge < -0.3 is 5.73 Å². The maximum atomic E-state index is 13.1. The number of H-pyrrole nitrogens is 1. The molecule has 0 aliphatic heterocycles. The zero-order valence-electron chi connectivity index (χ0n) is 7.09. The average Bonchev–Trinajstić information content (AvgIpc) is 2.57. The van der Waals surface area contributed by atoms with Crippen LogP contribution >= 0.6 is 11.6 Å². The van der Waals surface area contributed by atoms with Gasteiger partial charge in [-0.05, 0) is 17.7 Å². The molecule has 0 fully saturated rings. The van der Waals surface area contributed by atoms with E-state index in [1.54, 1.807) is 6.07 Å². The van der Waals surface area contributed by atoms with Crippen LogP contribution in [0.1, 0.15) is 0 Å². The molecule has 1 aromatic carbocycles. The van der Waals surface area contributed by atoms with Gasteiger partial charge in [-0.25, -0.2) is 4.39 Å². The molecule has 0 atom stereocenters. The van der Waals surface area contributed by atoms with Crippen LogP contribution in [0.4, 0.5) is 10.2 Å². The molecule has 0 aliphatic rings. The number of hydrogen-bond acceptors (Lipinski definition) is 2. The number of hydrogen-bond donors (Lipinski definition) is 2. The molecule has 1 heterocycles. The summed E-state index contributed by atoms with van der Waals surface area (Å²) in [4.78, 5) is 0. The number of rotatable bonds is 1. The third-order valence-electron chi connectivity index (χ3n) is 1.90. The zero-order valence-corrected chi connectivity index (χ0v) is 7.85. The van der Waals surface area contributed by atoms with E-state index < -0.39 is 5.82 Å². The van der Waals surface area contributed by atoms with Crippen LogP contribution in [-0.2, 0) is 0 Å². The first-order valence-electron chi connectivity index (χ1n) is 3.93. The molecule has 0 bridgehead atoms. The minimum Gasteiger partial charge on any atom is -0.384 e. The highest BCUT2D eigenvalue weighted by atomic mass is 35.5. The van der Waals surface area contributed by atoms with Gasteiger partial charge in [-0.1, -0.05) is 17.7 Å². The Bertz CT molecular complexity index is 467. The topological polar surface area (TPSA) is 54.7 Å². The predicted octanol–water partition coefficient (Wildman–Crippen LogP) is 2.45. The lowest BCUT2D eigenvalue weighted by atomic mass is 10.1. The molecule has 0 unspecified atom stereocenters. The molecule has 2 rings (SSSR count). The number of aromatic amines is 1. The summed E-state index contributed by atoms with van der Waals surface area (Å²) < 4.78 is 13.1. The van der Waals surface area contributed by atoms with E-state index in [1.165, 1.54) is 18.3 Å². The Morgan fingerprint density at radius 3 is 2.79 bits per heavy atom. The van der Waals surface area contributed by atoms with Gasteiger partial charge >= 0.3 is 0 Å². The number of benzene rings is 1. The van der Waals surface area contributed by atoms with Crippen LogP contribution in [0.25, 0.3) is 11.1 Å². The van der Waals surface area contributed by atoms with Crippen molar-refractivity contribution in [3.63, 3.8) is 0 Å². The summed E-state index contributed by atoms with van der Waals surface area (Å²) in [6.07, 6.45) is 1.54. The first kappa shape index (κ1) is 9.02. The normalized spacial score (nSPS) is 10.4. The van der Waals surface area contributed by atoms with Crippen molar-refractivity contribution in [3.05, 3.63) is 35.2 Å². The number of aromatic nitrogens is 2. The second kappa shape index (κ2) is 3.31. The van der Waals surface area contributed by atoms with Crippen LogP contribution in [0, 0.1) is 5.82 Å². The van der Waals surface area contributed by atoms with Crippen molar-refractivity contribution in [2.45, 2.75) is 0 Å². The van der Waals surface area contributed by atoms with Crippen molar-refractivity contribution in [1.29, 1.82) is 0 Å². The summed E-state index contributed by atoms with van der Waals surface area (Å²) in [6.45, 7) is 0. The van der Waals surface area contributed by atoms with E-state index in [9.17, 15) is 4.39 Å². The van der Waals surface area contributed by atoms with Gasteiger partial charge in [0.25, 0.3) is 0 Å².